The summed E-state index contributed by atoms with van der Waals surface area (Å²) in [5.74, 6) is 0.791. The van der Waals surface area contributed by atoms with Crippen LogP contribution >= 0.6 is 0 Å². The number of nitrogens with two attached hydrogens (primary N) is 1. The molecule has 0 saturated carbocycles. The molecule has 4 heteroatoms. The zero-order chi connectivity index (χ0) is 11.3. The van der Waals surface area contributed by atoms with E-state index in [1.165, 1.54) is 0 Å². The third kappa shape index (κ3) is 3.75. The molecule has 1 aromatic rings. The number of nitrogens with zero attached hydrogens (tertiary/aromatic N) is 2. The zero-order valence-corrected chi connectivity index (χ0v) is 9.75. The number of nitrogen functional groups attached to an aromatic ring is 1. The van der Waals surface area contributed by atoms with Gasteiger partial charge in [0.05, 0.1) is 5.69 Å². The third-order valence-electron chi connectivity index (χ3n) is 2.39. The lowest BCUT2D eigenvalue weighted by Gasteiger charge is -2.15. The fourth-order valence-corrected chi connectivity index (χ4v) is 1.23. The summed E-state index contributed by atoms with van der Waals surface area (Å²) < 4.78 is 0. The average Bonchev–Trinajstić information content (AvgIpc) is 2.23. The second-order valence-corrected chi connectivity index (χ2v) is 3.71. The number of aromatic nitrogens is 1. The highest BCUT2D eigenvalue weighted by atomic mass is 15.1. The van der Waals surface area contributed by atoms with Crippen molar-refractivity contribution in [3.05, 3.63) is 17.8 Å². The van der Waals surface area contributed by atoms with Crippen LogP contribution in [-0.2, 0) is 0 Å². The van der Waals surface area contributed by atoms with Crippen molar-refractivity contribution in [1.29, 1.82) is 0 Å². The Balaban J connectivity index is 2.46. The van der Waals surface area contributed by atoms with Gasteiger partial charge < -0.3 is 16.0 Å². The molecule has 84 valence electrons. The molecule has 15 heavy (non-hydrogen) atoms. The van der Waals surface area contributed by atoms with E-state index in [0.717, 1.165) is 31.1 Å². The summed E-state index contributed by atoms with van der Waals surface area (Å²) in [5, 5.41) is 3.24. The molecule has 0 amide bonds. The molecule has 1 aromatic heterocycles. The van der Waals surface area contributed by atoms with Gasteiger partial charge in [0.15, 0.2) is 0 Å². The lowest BCUT2D eigenvalue weighted by molar-refractivity contribution is 0.367. The van der Waals surface area contributed by atoms with E-state index in [4.69, 9.17) is 5.73 Å². The fourth-order valence-electron chi connectivity index (χ4n) is 1.23. The van der Waals surface area contributed by atoms with Crippen LogP contribution in [0.25, 0.3) is 0 Å². The van der Waals surface area contributed by atoms with Crippen LogP contribution in [-0.4, -0.2) is 36.6 Å². The Morgan fingerprint density at radius 1 is 1.47 bits per heavy atom. The van der Waals surface area contributed by atoms with Gasteiger partial charge in [-0.1, -0.05) is 6.92 Å². The SMILES string of the molecule is CCN(C)CCNc1nc(C)ccc1N. The predicted octanol–water partition coefficient (Wildman–Crippen LogP) is 1.34. The first kappa shape index (κ1) is 11.8. The van der Waals surface area contributed by atoms with E-state index >= 15 is 0 Å². The van der Waals surface area contributed by atoms with Crippen molar-refractivity contribution in [2.75, 3.05) is 37.7 Å². The van der Waals surface area contributed by atoms with E-state index < -0.39 is 0 Å². The van der Waals surface area contributed by atoms with Crippen molar-refractivity contribution in [2.45, 2.75) is 13.8 Å². The normalized spacial score (nSPS) is 10.7. The van der Waals surface area contributed by atoms with Crippen LogP contribution in [0.2, 0.25) is 0 Å². The zero-order valence-electron chi connectivity index (χ0n) is 9.75. The summed E-state index contributed by atoms with van der Waals surface area (Å²) in [4.78, 5) is 6.58. The second kappa shape index (κ2) is 5.56. The highest BCUT2D eigenvalue weighted by Gasteiger charge is 2.00. The van der Waals surface area contributed by atoms with Crippen LogP contribution < -0.4 is 11.1 Å². The van der Waals surface area contributed by atoms with Crippen LogP contribution in [0, 0.1) is 6.92 Å². The first-order chi connectivity index (χ1) is 7.13. The lowest BCUT2D eigenvalue weighted by Crippen LogP contribution is -2.25. The van der Waals surface area contributed by atoms with E-state index in [1.807, 2.05) is 19.1 Å². The Morgan fingerprint density at radius 3 is 2.87 bits per heavy atom. The molecule has 0 atom stereocenters. The molecule has 0 aliphatic carbocycles. The van der Waals surface area contributed by atoms with Crippen LogP contribution in [0.3, 0.4) is 0 Å². The van der Waals surface area contributed by atoms with Gasteiger partial charge in [-0.3, -0.25) is 0 Å². The maximum Gasteiger partial charge on any atom is 0.149 e. The molecule has 0 saturated heterocycles. The van der Waals surface area contributed by atoms with Crippen LogP contribution in [0.15, 0.2) is 12.1 Å². The van der Waals surface area contributed by atoms with Crippen molar-refractivity contribution in [1.82, 2.24) is 9.88 Å². The summed E-state index contributed by atoms with van der Waals surface area (Å²) >= 11 is 0. The molecular weight excluding hydrogens is 188 g/mol. The Morgan fingerprint density at radius 2 is 2.20 bits per heavy atom. The summed E-state index contributed by atoms with van der Waals surface area (Å²) in [7, 11) is 2.09. The maximum atomic E-state index is 5.80. The summed E-state index contributed by atoms with van der Waals surface area (Å²) in [6.07, 6.45) is 0. The van der Waals surface area contributed by atoms with Gasteiger partial charge in [0.2, 0.25) is 0 Å². The molecule has 4 nitrogen and oxygen atoms in total. The number of aryl methyl sites for hydroxylation is 1. The second-order valence-electron chi connectivity index (χ2n) is 3.71. The highest BCUT2D eigenvalue weighted by Crippen LogP contribution is 2.14. The summed E-state index contributed by atoms with van der Waals surface area (Å²) in [6.45, 7) is 7.01. The minimum absolute atomic E-state index is 0.708. The molecular formula is C11H20N4. The molecule has 1 rings (SSSR count). The lowest BCUT2D eigenvalue weighted by atomic mass is 10.3. The molecule has 3 N–H and O–H groups in total. The Labute approximate surface area is 91.5 Å². The van der Waals surface area contributed by atoms with E-state index in [-0.39, 0.29) is 0 Å². The molecule has 0 spiro atoms. The monoisotopic (exact) mass is 208 g/mol. The van der Waals surface area contributed by atoms with Crippen LogP contribution in [0.1, 0.15) is 12.6 Å². The van der Waals surface area contributed by atoms with E-state index in [1.54, 1.807) is 0 Å². The van der Waals surface area contributed by atoms with Gasteiger partial charge in [-0.05, 0) is 32.6 Å². The maximum absolute atomic E-state index is 5.80. The Hall–Kier alpha value is -1.29. The highest BCUT2D eigenvalue weighted by molar-refractivity contribution is 5.61. The van der Waals surface area contributed by atoms with Gasteiger partial charge >= 0.3 is 0 Å². The quantitative estimate of drug-likeness (QED) is 0.766. The van der Waals surface area contributed by atoms with Crippen LogP contribution in [0.4, 0.5) is 11.5 Å². The molecule has 0 aliphatic heterocycles. The van der Waals surface area contributed by atoms with Crippen LogP contribution in [0.5, 0.6) is 0 Å². The molecule has 0 aliphatic rings. The van der Waals surface area contributed by atoms with E-state index in [0.29, 0.717) is 5.69 Å². The molecule has 0 radical (unpaired) electrons. The average molecular weight is 208 g/mol. The number of anilines is 2. The fraction of sp³-hybridized carbons (Fsp3) is 0.545. The number of pyridine rings is 1. The minimum atomic E-state index is 0.708. The van der Waals surface area contributed by atoms with Gasteiger partial charge in [-0.15, -0.1) is 0 Å². The van der Waals surface area contributed by atoms with Gasteiger partial charge in [0, 0.05) is 18.8 Å². The molecule has 0 aromatic carbocycles. The number of hydrogen-bond donors (Lipinski definition) is 2. The molecule has 1 heterocycles. The standard InChI is InChI=1S/C11H20N4/c1-4-15(3)8-7-13-11-10(12)6-5-9(2)14-11/h5-6H,4,7-8,12H2,1-3H3,(H,13,14). The molecule has 0 bridgehead atoms. The first-order valence-corrected chi connectivity index (χ1v) is 5.29. The number of likely N-dealkylation sites (N-methyl/N-ethyl adjacent to an activating group) is 1. The van der Waals surface area contributed by atoms with Crippen molar-refractivity contribution < 1.29 is 0 Å². The summed E-state index contributed by atoms with van der Waals surface area (Å²) in [5.41, 5.74) is 7.49. The Bertz CT molecular complexity index is 311. The topological polar surface area (TPSA) is 54.2 Å². The van der Waals surface area contributed by atoms with Crippen molar-refractivity contribution in [3.63, 3.8) is 0 Å². The predicted molar refractivity (Wildman–Crippen MR) is 65.0 cm³/mol. The number of hydrogen-bond acceptors (Lipinski definition) is 4. The minimum Gasteiger partial charge on any atom is -0.396 e. The van der Waals surface area contributed by atoms with E-state index in [9.17, 15) is 0 Å². The molecule has 0 fully saturated rings. The first-order valence-electron chi connectivity index (χ1n) is 5.29. The smallest absolute Gasteiger partial charge is 0.149 e. The van der Waals surface area contributed by atoms with E-state index in [2.05, 4.69) is 29.2 Å². The number of rotatable bonds is 5. The summed E-state index contributed by atoms with van der Waals surface area (Å²) in [6, 6.07) is 3.80. The van der Waals surface area contributed by atoms with Gasteiger partial charge in [0.1, 0.15) is 5.82 Å². The van der Waals surface area contributed by atoms with Gasteiger partial charge in [0.25, 0.3) is 0 Å². The van der Waals surface area contributed by atoms with Crippen molar-refractivity contribution in [2.24, 2.45) is 0 Å². The molecule has 0 unspecified atom stereocenters. The van der Waals surface area contributed by atoms with Crippen molar-refractivity contribution >= 4 is 11.5 Å². The Kier molecular flexibility index (Phi) is 4.37. The van der Waals surface area contributed by atoms with Gasteiger partial charge in [-0.2, -0.15) is 0 Å². The number of nitrogens with one attached hydrogen (secondary N) is 1. The van der Waals surface area contributed by atoms with Crippen molar-refractivity contribution in [3.8, 4) is 0 Å². The van der Waals surface area contributed by atoms with Gasteiger partial charge in [-0.25, -0.2) is 4.98 Å². The third-order valence-corrected chi connectivity index (χ3v) is 2.39. The largest absolute Gasteiger partial charge is 0.396 e.